The lowest BCUT2D eigenvalue weighted by Crippen LogP contribution is -2.38. The van der Waals surface area contributed by atoms with Crippen LogP contribution in [0.25, 0.3) is 6.08 Å². The smallest absolute Gasteiger partial charge is 0.329 e. The molecule has 13 heteroatoms. The monoisotopic (exact) mass is 626 g/mol. The molecule has 1 aliphatic heterocycles. The minimum Gasteiger partial charge on any atom is -0.495 e. The number of anilines is 2. The molecule has 4 rings (SSSR count). The van der Waals surface area contributed by atoms with Gasteiger partial charge in [-0.25, -0.2) is 14.1 Å². The maximum Gasteiger partial charge on any atom is 0.329 e. The number of carbonyl (C=O) groups is 4. The molecule has 0 aliphatic carbocycles. The van der Waals surface area contributed by atoms with E-state index in [0.29, 0.717) is 27.2 Å². The zero-order chi connectivity index (χ0) is 29.5. The number of nitrogens with zero attached hydrogens (tertiary/aromatic N) is 1. The van der Waals surface area contributed by atoms with Gasteiger partial charge in [0.05, 0.1) is 24.4 Å². The quantitative estimate of drug-likeness (QED) is 0.227. The predicted molar refractivity (Wildman–Crippen MR) is 151 cm³/mol. The van der Waals surface area contributed by atoms with E-state index in [1.807, 2.05) is 0 Å². The van der Waals surface area contributed by atoms with Crippen LogP contribution < -0.4 is 30.2 Å². The third kappa shape index (κ3) is 7.19. The van der Waals surface area contributed by atoms with Gasteiger partial charge in [0.25, 0.3) is 11.8 Å². The van der Waals surface area contributed by atoms with Crippen molar-refractivity contribution >= 4 is 57.1 Å². The minimum atomic E-state index is -0.755. The lowest BCUT2D eigenvalue weighted by molar-refractivity contribution is -0.127. The van der Waals surface area contributed by atoms with Crippen molar-refractivity contribution < 1.29 is 37.8 Å². The largest absolute Gasteiger partial charge is 0.495 e. The van der Waals surface area contributed by atoms with E-state index in [1.165, 1.54) is 44.6 Å². The summed E-state index contributed by atoms with van der Waals surface area (Å²) < 4.78 is 29.7. The van der Waals surface area contributed by atoms with Gasteiger partial charge >= 0.3 is 6.03 Å². The molecule has 5 amide bonds. The number of benzene rings is 3. The zero-order valence-corrected chi connectivity index (χ0v) is 23.4. The summed E-state index contributed by atoms with van der Waals surface area (Å²) in [7, 11) is 2.85. The molecule has 41 heavy (non-hydrogen) atoms. The van der Waals surface area contributed by atoms with Crippen LogP contribution >= 0.6 is 15.9 Å². The Morgan fingerprint density at radius 1 is 0.976 bits per heavy atom. The second kappa shape index (κ2) is 13.0. The first kappa shape index (κ1) is 29.1. The van der Waals surface area contributed by atoms with Gasteiger partial charge in [0, 0.05) is 5.69 Å². The first-order valence-corrected chi connectivity index (χ1v) is 12.8. The van der Waals surface area contributed by atoms with Crippen molar-refractivity contribution in [3.63, 3.8) is 0 Å². The third-order valence-corrected chi connectivity index (χ3v) is 6.27. The Kier molecular flexibility index (Phi) is 9.19. The SMILES string of the molecule is COc1ccccc1NC(=O)CN1C(=O)N/C(=C/c2cc(Br)c(OCC(=O)Nc3ccc(F)cc3)c(OC)c2)C1=O. The molecular weight excluding hydrogens is 603 g/mol. The first-order valence-electron chi connectivity index (χ1n) is 12.0. The maximum atomic E-state index is 13.1. The fourth-order valence-corrected chi connectivity index (χ4v) is 4.37. The molecule has 1 aliphatic rings. The topological polar surface area (TPSA) is 135 Å². The van der Waals surface area contributed by atoms with Gasteiger partial charge < -0.3 is 30.2 Å². The van der Waals surface area contributed by atoms with Crippen molar-refractivity contribution in [2.75, 3.05) is 38.0 Å². The second-order valence-electron chi connectivity index (χ2n) is 8.51. The molecule has 1 fully saturated rings. The van der Waals surface area contributed by atoms with Gasteiger partial charge in [-0.2, -0.15) is 0 Å². The van der Waals surface area contributed by atoms with Crippen molar-refractivity contribution in [2.24, 2.45) is 0 Å². The summed E-state index contributed by atoms with van der Waals surface area (Å²) in [5, 5.41) is 7.67. The highest BCUT2D eigenvalue weighted by molar-refractivity contribution is 9.10. The van der Waals surface area contributed by atoms with Gasteiger partial charge in [0.15, 0.2) is 18.1 Å². The van der Waals surface area contributed by atoms with Crippen LogP contribution in [0.2, 0.25) is 0 Å². The molecular formula is C28H24BrFN4O7. The van der Waals surface area contributed by atoms with Gasteiger partial charge in [-0.3, -0.25) is 14.4 Å². The van der Waals surface area contributed by atoms with E-state index in [9.17, 15) is 23.6 Å². The van der Waals surface area contributed by atoms with Gasteiger partial charge in [0.1, 0.15) is 23.8 Å². The molecule has 3 N–H and O–H groups in total. The lowest BCUT2D eigenvalue weighted by Gasteiger charge is -2.14. The molecule has 1 saturated heterocycles. The van der Waals surface area contributed by atoms with Crippen molar-refractivity contribution in [1.82, 2.24) is 10.2 Å². The van der Waals surface area contributed by atoms with E-state index in [4.69, 9.17) is 14.2 Å². The molecule has 1 heterocycles. The average molecular weight is 627 g/mol. The highest BCUT2D eigenvalue weighted by Gasteiger charge is 2.35. The fourth-order valence-electron chi connectivity index (χ4n) is 3.79. The highest BCUT2D eigenvalue weighted by Crippen LogP contribution is 2.37. The van der Waals surface area contributed by atoms with Crippen molar-refractivity contribution in [3.05, 3.63) is 82.2 Å². The van der Waals surface area contributed by atoms with Crippen LogP contribution in [-0.4, -0.2) is 56.0 Å². The van der Waals surface area contributed by atoms with Crippen LogP contribution in [0.1, 0.15) is 5.56 Å². The Morgan fingerprint density at radius 2 is 1.68 bits per heavy atom. The summed E-state index contributed by atoms with van der Waals surface area (Å²) in [5.74, 6) is -1.30. The molecule has 0 unspecified atom stereocenters. The summed E-state index contributed by atoms with van der Waals surface area (Å²) >= 11 is 3.37. The summed E-state index contributed by atoms with van der Waals surface area (Å²) in [6.45, 7) is -0.882. The average Bonchev–Trinajstić information content (AvgIpc) is 3.20. The Hall–Kier alpha value is -4.91. The first-order chi connectivity index (χ1) is 19.7. The maximum absolute atomic E-state index is 13.1. The van der Waals surface area contributed by atoms with E-state index in [0.717, 1.165) is 4.90 Å². The number of amides is 5. The normalized spacial score (nSPS) is 13.6. The molecule has 3 aromatic rings. The zero-order valence-electron chi connectivity index (χ0n) is 21.8. The van der Waals surface area contributed by atoms with Crippen LogP contribution in [0.3, 0.4) is 0 Å². The van der Waals surface area contributed by atoms with E-state index in [2.05, 4.69) is 31.9 Å². The number of methoxy groups -OCH3 is 2. The molecule has 11 nitrogen and oxygen atoms in total. The summed E-state index contributed by atoms with van der Waals surface area (Å²) in [4.78, 5) is 51.0. The van der Waals surface area contributed by atoms with E-state index in [1.54, 1.807) is 36.4 Å². The van der Waals surface area contributed by atoms with Crippen LogP contribution in [-0.2, 0) is 14.4 Å². The summed E-state index contributed by atoms with van der Waals surface area (Å²) in [5.41, 5.74) is 1.21. The van der Waals surface area contributed by atoms with E-state index >= 15 is 0 Å². The summed E-state index contributed by atoms with van der Waals surface area (Å²) in [6, 6.07) is 14.4. The molecule has 212 valence electrons. The lowest BCUT2D eigenvalue weighted by atomic mass is 10.1. The summed E-state index contributed by atoms with van der Waals surface area (Å²) in [6.07, 6.45) is 1.41. The number of halogens is 2. The van der Waals surface area contributed by atoms with Crippen molar-refractivity contribution in [2.45, 2.75) is 0 Å². The second-order valence-corrected chi connectivity index (χ2v) is 9.36. The van der Waals surface area contributed by atoms with Gasteiger partial charge in [0.2, 0.25) is 5.91 Å². The minimum absolute atomic E-state index is 0.0543. The van der Waals surface area contributed by atoms with Crippen molar-refractivity contribution in [1.29, 1.82) is 0 Å². The number of carbonyl (C=O) groups excluding carboxylic acids is 4. The molecule has 0 atom stereocenters. The van der Waals surface area contributed by atoms with Crippen LogP contribution in [0, 0.1) is 5.82 Å². The standard InChI is InChI=1S/C28H24BrFN4O7/c1-39-22-6-4-3-5-20(22)32-24(35)14-34-27(37)21(33-28(34)38)12-16-11-19(29)26(23(13-16)40-2)41-15-25(36)31-18-9-7-17(30)8-10-18/h3-13H,14-15H2,1-2H3,(H,31,36)(H,32,35)(H,33,38)/b21-12+. The Balaban J connectivity index is 1.42. The number of ether oxygens (including phenoxy) is 3. The molecule has 0 aromatic heterocycles. The number of rotatable bonds is 10. The van der Waals surface area contributed by atoms with Gasteiger partial charge in [-0.1, -0.05) is 12.1 Å². The highest BCUT2D eigenvalue weighted by atomic mass is 79.9. The number of hydrogen-bond donors (Lipinski definition) is 3. The molecule has 0 radical (unpaired) electrons. The van der Waals surface area contributed by atoms with Crippen LogP contribution in [0.15, 0.2) is 70.8 Å². The predicted octanol–water partition coefficient (Wildman–Crippen LogP) is 4.15. The van der Waals surface area contributed by atoms with Crippen LogP contribution in [0.4, 0.5) is 20.6 Å². The Labute approximate surface area is 242 Å². The van der Waals surface area contributed by atoms with E-state index < -0.39 is 36.1 Å². The number of urea groups is 1. The Bertz CT molecular complexity index is 1530. The molecule has 0 spiro atoms. The van der Waals surface area contributed by atoms with Crippen LogP contribution in [0.5, 0.6) is 17.2 Å². The number of hydrogen-bond acceptors (Lipinski definition) is 7. The fraction of sp³-hybridized carbons (Fsp3) is 0.143. The Morgan fingerprint density at radius 3 is 2.39 bits per heavy atom. The third-order valence-electron chi connectivity index (χ3n) is 5.68. The number of imide groups is 1. The van der Waals surface area contributed by atoms with Gasteiger partial charge in [-0.05, 0) is 76.1 Å². The van der Waals surface area contributed by atoms with Crippen molar-refractivity contribution in [3.8, 4) is 17.2 Å². The number of para-hydroxylation sites is 2. The van der Waals surface area contributed by atoms with Gasteiger partial charge in [-0.15, -0.1) is 0 Å². The molecule has 3 aromatic carbocycles. The molecule has 0 bridgehead atoms. The number of nitrogens with one attached hydrogen (secondary N) is 3. The van der Waals surface area contributed by atoms with E-state index in [-0.39, 0.29) is 23.8 Å². The molecule has 0 saturated carbocycles.